The fourth-order valence-electron chi connectivity index (χ4n) is 1.74. The molecular weight excluding hydrogens is 250 g/mol. The van der Waals surface area contributed by atoms with Crippen LogP contribution in [0.1, 0.15) is 37.1 Å². The summed E-state index contributed by atoms with van der Waals surface area (Å²) in [6.07, 6.45) is 1.55. The lowest BCUT2D eigenvalue weighted by molar-refractivity contribution is -0.121. The van der Waals surface area contributed by atoms with E-state index in [9.17, 15) is 9.59 Å². The van der Waals surface area contributed by atoms with E-state index in [-0.39, 0.29) is 17.9 Å². The van der Waals surface area contributed by atoms with Gasteiger partial charge in [-0.3, -0.25) is 9.59 Å². The molecule has 0 fully saturated rings. The lowest BCUT2D eigenvalue weighted by atomic mass is 10.1. The first-order valence-electron chi connectivity index (χ1n) is 5.90. The number of carbonyl (C=O) groups is 2. The van der Waals surface area contributed by atoms with Crippen LogP contribution >= 0.6 is 11.3 Å². The van der Waals surface area contributed by atoms with Gasteiger partial charge in [0, 0.05) is 17.7 Å². The van der Waals surface area contributed by atoms with Gasteiger partial charge in [-0.15, -0.1) is 11.3 Å². The van der Waals surface area contributed by atoms with Gasteiger partial charge in [-0.25, -0.2) is 5.43 Å². The molecule has 0 spiro atoms. The minimum Gasteiger partial charge on any atom is -0.343 e. The summed E-state index contributed by atoms with van der Waals surface area (Å²) in [4.78, 5) is 24.1. The summed E-state index contributed by atoms with van der Waals surface area (Å²) >= 11 is 1.62. The first-order valence-corrected chi connectivity index (χ1v) is 6.78. The van der Waals surface area contributed by atoms with Gasteiger partial charge in [0.05, 0.1) is 6.04 Å². The Bertz CT molecular complexity index is 468. The fourth-order valence-corrected chi connectivity index (χ4v) is 2.60. The van der Waals surface area contributed by atoms with Gasteiger partial charge in [0.2, 0.25) is 5.91 Å². The molecule has 0 saturated carbocycles. The third-order valence-electron chi connectivity index (χ3n) is 2.77. The normalized spacial score (nSPS) is 16.7. The van der Waals surface area contributed by atoms with Crippen LogP contribution in [0.5, 0.6) is 0 Å². The molecule has 6 heteroatoms. The Labute approximate surface area is 109 Å². The molecule has 18 heavy (non-hydrogen) atoms. The highest BCUT2D eigenvalue weighted by atomic mass is 32.1. The lowest BCUT2D eigenvalue weighted by Gasteiger charge is -2.17. The Balaban J connectivity index is 2.00. The number of nitrogens with zero attached hydrogens (tertiary/aromatic N) is 1. The molecule has 1 aromatic heterocycles. The van der Waals surface area contributed by atoms with Gasteiger partial charge in [-0.2, -0.15) is 5.10 Å². The minimum absolute atomic E-state index is 0.0119. The quantitative estimate of drug-likeness (QED) is 0.867. The van der Waals surface area contributed by atoms with E-state index in [4.69, 9.17) is 0 Å². The van der Waals surface area contributed by atoms with Crippen molar-refractivity contribution in [3.8, 4) is 0 Å². The molecule has 0 aliphatic carbocycles. The van der Waals surface area contributed by atoms with Crippen molar-refractivity contribution < 1.29 is 9.59 Å². The maximum atomic E-state index is 12.0. The second kappa shape index (κ2) is 5.77. The number of carbonyl (C=O) groups excluding carboxylic acids is 2. The van der Waals surface area contributed by atoms with E-state index in [2.05, 4.69) is 15.8 Å². The summed E-state index contributed by atoms with van der Waals surface area (Å²) in [5, 5.41) is 8.72. The number of hydrogen-bond donors (Lipinski definition) is 2. The van der Waals surface area contributed by atoms with E-state index < -0.39 is 0 Å². The second-order valence-electron chi connectivity index (χ2n) is 4.04. The van der Waals surface area contributed by atoms with Crippen molar-refractivity contribution in [2.45, 2.75) is 32.2 Å². The van der Waals surface area contributed by atoms with Crippen LogP contribution < -0.4 is 10.7 Å². The van der Waals surface area contributed by atoms with Gasteiger partial charge in [0.25, 0.3) is 5.91 Å². The zero-order chi connectivity index (χ0) is 13.0. The van der Waals surface area contributed by atoms with E-state index >= 15 is 0 Å². The van der Waals surface area contributed by atoms with E-state index in [0.29, 0.717) is 18.6 Å². The molecule has 2 N–H and O–H groups in total. The molecule has 96 valence electrons. The molecular formula is C12H15N3O2S. The average molecular weight is 265 g/mol. The molecule has 2 amide bonds. The number of amides is 2. The Kier molecular flexibility index (Phi) is 4.09. The van der Waals surface area contributed by atoms with Gasteiger partial charge in [0.15, 0.2) is 0 Å². The third-order valence-corrected chi connectivity index (χ3v) is 3.75. The van der Waals surface area contributed by atoms with Crippen molar-refractivity contribution in [3.63, 3.8) is 0 Å². The van der Waals surface area contributed by atoms with Crippen LogP contribution in [0.25, 0.3) is 0 Å². The Hall–Kier alpha value is -1.69. The molecule has 1 unspecified atom stereocenters. The molecule has 0 radical (unpaired) electrons. The van der Waals surface area contributed by atoms with Crippen molar-refractivity contribution in [2.75, 3.05) is 0 Å². The van der Waals surface area contributed by atoms with Crippen LogP contribution in [0.3, 0.4) is 0 Å². The summed E-state index contributed by atoms with van der Waals surface area (Å²) < 4.78 is 0. The predicted octanol–water partition coefficient (Wildman–Crippen LogP) is 1.58. The van der Waals surface area contributed by atoms with Gasteiger partial charge in [-0.1, -0.05) is 13.0 Å². The van der Waals surface area contributed by atoms with Crippen molar-refractivity contribution in [2.24, 2.45) is 5.10 Å². The molecule has 1 aliphatic heterocycles. The molecule has 0 saturated heterocycles. The van der Waals surface area contributed by atoms with Gasteiger partial charge in [-0.05, 0) is 17.9 Å². The Morgan fingerprint density at radius 2 is 2.44 bits per heavy atom. The highest BCUT2D eigenvalue weighted by Crippen LogP contribution is 2.21. The SMILES string of the molecule is CCC(NC(=O)C1=NNC(=O)CC1)c1cccs1. The Morgan fingerprint density at radius 1 is 1.61 bits per heavy atom. The van der Waals surface area contributed by atoms with Crippen LogP contribution in [-0.4, -0.2) is 17.5 Å². The third kappa shape index (κ3) is 2.95. The van der Waals surface area contributed by atoms with E-state index in [1.54, 1.807) is 11.3 Å². The van der Waals surface area contributed by atoms with Gasteiger partial charge < -0.3 is 5.32 Å². The second-order valence-corrected chi connectivity index (χ2v) is 5.02. The van der Waals surface area contributed by atoms with Gasteiger partial charge in [0.1, 0.15) is 5.71 Å². The zero-order valence-electron chi connectivity index (χ0n) is 10.1. The monoisotopic (exact) mass is 265 g/mol. The number of hydrogen-bond acceptors (Lipinski definition) is 4. The van der Waals surface area contributed by atoms with Crippen LogP contribution in [0.2, 0.25) is 0 Å². The summed E-state index contributed by atoms with van der Waals surface area (Å²) in [7, 11) is 0. The van der Waals surface area contributed by atoms with Crippen LogP contribution in [0.15, 0.2) is 22.6 Å². The molecule has 2 rings (SSSR count). The lowest BCUT2D eigenvalue weighted by Crippen LogP contribution is -2.38. The van der Waals surface area contributed by atoms with Crippen LogP contribution in [0.4, 0.5) is 0 Å². The topological polar surface area (TPSA) is 70.6 Å². The van der Waals surface area contributed by atoms with Crippen molar-refractivity contribution in [1.29, 1.82) is 0 Å². The fraction of sp³-hybridized carbons (Fsp3) is 0.417. The van der Waals surface area contributed by atoms with Crippen molar-refractivity contribution in [3.05, 3.63) is 22.4 Å². The first-order chi connectivity index (χ1) is 8.70. The number of hydrazone groups is 1. The van der Waals surface area contributed by atoms with Crippen LogP contribution in [-0.2, 0) is 9.59 Å². The molecule has 5 nitrogen and oxygen atoms in total. The van der Waals surface area contributed by atoms with Gasteiger partial charge >= 0.3 is 0 Å². The standard InChI is InChI=1S/C12H15N3O2S/c1-2-8(10-4-3-7-18-10)13-12(17)9-5-6-11(16)15-14-9/h3-4,7-8H,2,5-6H2,1H3,(H,13,17)(H,15,16). The number of rotatable bonds is 4. The molecule has 0 bridgehead atoms. The average Bonchev–Trinajstić information content (AvgIpc) is 2.90. The first kappa shape index (κ1) is 12.8. The summed E-state index contributed by atoms with van der Waals surface area (Å²) in [6, 6.07) is 3.98. The zero-order valence-corrected chi connectivity index (χ0v) is 10.9. The van der Waals surface area contributed by atoms with E-state index in [0.717, 1.165) is 11.3 Å². The highest BCUT2D eigenvalue weighted by molar-refractivity contribution is 7.10. The summed E-state index contributed by atoms with van der Waals surface area (Å²) in [5.74, 6) is -0.341. The number of thiophene rings is 1. The minimum atomic E-state index is -0.199. The molecule has 2 heterocycles. The smallest absolute Gasteiger partial charge is 0.268 e. The van der Waals surface area contributed by atoms with Crippen LogP contribution in [0, 0.1) is 0 Å². The van der Waals surface area contributed by atoms with E-state index in [1.807, 2.05) is 24.4 Å². The Morgan fingerprint density at radius 3 is 3.00 bits per heavy atom. The molecule has 1 aromatic rings. The molecule has 1 aliphatic rings. The molecule has 1 atom stereocenters. The largest absolute Gasteiger partial charge is 0.343 e. The summed E-state index contributed by atoms with van der Waals surface area (Å²) in [6.45, 7) is 2.02. The predicted molar refractivity (Wildman–Crippen MR) is 70.3 cm³/mol. The summed E-state index contributed by atoms with van der Waals surface area (Å²) in [5.41, 5.74) is 2.72. The van der Waals surface area contributed by atoms with Crippen molar-refractivity contribution in [1.82, 2.24) is 10.7 Å². The van der Waals surface area contributed by atoms with Crippen molar-refractivity contribution >= 4 is 28.9 Å². The maximum absolute atomic E-state index is 12.0. The number of nitrogens with one attached hydrogen (secondary N) is 2. The van der Waals surface area contributed by atoms with E-state index in [1.165, 1.54) is 0 Å². The highest BCUT2D eigenvalue weighted by Gasteiger charge is 2.21. The molecule has 0 aromatic carbocycles. The maximum Gasteiger partial charge on any atom is 0.268 e.